The predicted molar refractivity (Wildman–Crippen MR) is 61.8 cm³/mol. The molecular formula is C11H21F3N2O2. The third-order valence-electron chi connectivity index (χ3n) is 2.80. The number of hydrogen-bond donors (Lipinski definition) is 3. The SMILES string of the molecule is CC(C)(CCCO)CNC(=O)C(C)(N)C(F)(F)F. The number of aliphatic hydroxyl groups is 1. The first-order chi connectivity index (χ1) is 7.94. The first kappa shape index (κ1) is 17.2. The van der Waals surface area contributed by atoms with E-state index >= 15 is 0 Å². The van der Waals surface area contributed by atoms with Crippen LogP contribution in [0.15, 0.2) is 0 Å². The maximum absolute atomic E-state index is 12.5. The van der Waals surface area contributed by atoms with Crippen LogP contribution in [0.25, 0.3) is 0 Å². The highest BCUT2D eigenvalue weighted by atomic mass is 19.4. The molecule has 0 spiro atoms. The van der Waals surface area contributed by atoms with Gasteiger partial charge in [-0.05, 0) is 25.2 Å². The minimum absolute atomic E-state index is 0.00846. The minimum Gasteiger partial charge on any atom is -0.396 e. The van der Waals surface area contributed by atoms with Crippen molar-refractivity contribution in [2.75, 3.05) is 13.2 Å². The van der Waals surface area contributed by atoms with E-state index in [1.807, 2.05) is 0 Å². The number of amides is 1. The Balaban J connectivity index is 4.43. The number of hydrogen-bond acceptors (Lipinski definition) is 3. The number of alkyl halides is 3. The lowest BCUT2D eigenvalue weighted by molar-refractivity contribution is -0.187. The second-order valence-electron chi connectivity index (χ2n) is 5.37. The fraction of sp³-hybridized carbons (Fsp3) is 0.909. The van der Waals surface area contributed by atoms with E-state index in [0.29, 0.717) is 19.8 Å². The number of rotatable bonds is 6. The molecule has 0 saturated carbocycles. The van der Waals surface area contributed by atoms with E-state index in [9.17, 15) is 18.0 Å². The molecular weight excluding hydrogens is 249 g/mol. The molecule has 0 aliphatic carbocycles. The van der Waals surface area contributed by atoms with Gasteiger partial charge in [-0.1, -0.05) is 13.8 Å². The van der Waals surface area contributed by atoms with Crippen LogP contribution in [-0.2, 0) is 4.79 Å². The van der Waals surface area contributed by atoms with E-state index in [4.69, 9.17) is 10.8 Å². The predicted octanol–water partition coefficient (Wildman–Crippen LogP) is 1.18. The lowest BCUT2D eigenvalue weighted by atomic mass is 9.87. The Hall–Kier alpha value is -0.820. The Labute approximate surface area is 105 Å². The van der Waals surface area contributed by atoms with Crippen molar-refractivity contribution in [2.24, 2.45) is 11.1 Å². The molecule has 0 radical (unpaired) electrons. The van der Waals surface area contributed by atoms with Crippen molar-refractivity contribution in [3.05, 3.63) is 0 Å². The van der Waals surface area contributed by atoms with E-state index in [-0.39, 0.29) is 18.6 Å². The Morgan fingerprint density at radius 1 is 1.28 bits per heavy atom. The number of carbonyl (C=O) groups is 1. The van der Waals surface area contributed by atoms with Crippen LogP contribution in [-0.4, -0.2) is 35.9 Å². The number of carbonyl (C=O) groups excluding carboxylic acids is 1. The van der Waals surface area contributed by atoms with Gasteiger partial charge in [0, 0.05) is 13.2 Å². The van der Waals surface area contributed by atoms with Gasteiger partial charge in [-0.2, -0.15) is 13.2 Å². The molecule has 1 unspecified atom stereocenters. The summed E-state index contributed by atoms with van der Waals surface area (Å²) >= 11 is 0. The third-order valence-corrected chi connectivity index (χ3v) is 2.80. The second-order valence-corrected chi connectivity index (χ2v) is 5.37. The monoisotopic (exact) mass is 270 g/mol. The molecule has 0 aromatic rings. The highest BCUT2D eigenvalue weighted by Gasteiger charge is 2.53. The number of nitrogens with one attached hydrogen (secondary N) is 1. The third kappa shape index (κ3) is 4.81. The van der Waals surface area contributed by atoms with Crippen LogP contribution in [0.4, 0.5) is 13.2 Å². The molecule has 0 heterocycles. The van der Waals surface area contributed by atoms with E-state index in [2.05, 4.69) is 5.32 Å². The Morgan fingerprint density at radius 3 is 2.17 bits per heavy atom. The quantitative estimate of drug-likeness (QED) is 0.678. The van der Waals surface area contributed by atoms with Gasteiger partial charge < -0.3 is 16.2 Å². The zero-order valence-corrected chi connectivity index (χ0v) is 10.9. The van der Waals surface area contributed by atoms with Gasteiger partial charge in [-0.3, -0.25) is 4.79 Å². The molecule has 0 aromatic heterocycles. The van der Waals surface area contributed by atoms with Crippen molar-refractivity contribution < 1.29 is 23.1 Å². The molecule has 108 valence electrons. The fourth-order valence-electron chi connectivity index (χ4n) is 1.28. The molecule has 0 bridgehead atoms. The summed E-state index contributed by atoms with van der Waals surface area (Å²) in [6.45, 7) is 4.32. The average Bonchev–Trinajstić information content (AvgIpc) is 2.21. The molecule has 7 heteroatoms. The first-order valence-electron chi connectivity index (χ1n) is 5.69. The van der Waals surface area contributed by atoms with Crippen LogP contribution >= 0.6 is 0 Å². The maximum Gasteiger partial charge on any atom is 0.415 e. The standard InChI is InChI=1S/C11H21F3N2O2/c1-9(2,5-4-6-17)7-16-8(18)10(3,15)11(12,13)14/h17H,4-7,15H2,1-3H3,(H,16,18). The van der Waals surface area contributed by atoms with Gasteiger partial charge in [-0.15, -0.1) is 0 Å². The average molecular weight is 270 g/mol. The Bertz CT molecular complexity index is 289. The largest absolute Gasteiger partial charge is 0.415 e. The first-order valence-corrected chi connectivity index (χ1v) is 5.69. The van der Waals surface area contributed by atoms with Crippen molar-refractivity contribution in [1.29, 1.82) is 0 Å². The van der Waals surface area contributed by atoms with Gasteiger partial charge in [-0.25, -0.2) is 0 Å². The smallest absolute Gasteiger partial charge is 0.396 e. The van der Waals surface area contributed by atoms with Crippen LogP contribution in [0.3, 0.4) is 0 Å². The summed E-state index contributed by atoms with van der Waals surface area (Å²) in [7, 11) is 0. The zero-order chi connectivity index (χ0) is 14.6. The van der Waals surface area contributed by atoms with Crippen LogP contribution in [0.1, 0.15) is 33.6 Å². The van der Waals surface area contributed by atoms with Gasteiger partial charge >= 0.3 is 6.18 Å². The molecule has 1 atom stereocenters. The molecule has 0 aliphatic rings. The second kappa shape index (κ2) is 5.88. The van der Waals surface area contributed by atoms with Crippen LogP contribution in [0, 0.1) is 5.41 Å². The van der Waals surface area contributed by atoms with Crippen molar-refractivity contribution in [3.63, 3.8) is 0 Å². The Kier molecular flexibility index (Phi) is 5.61. The van der Waals surface area contributed by atoms with E-state index in [0.717, 1.165) is 0 Å². The summed E-state index contributed by atoms with van der Waals surface area (Å²) < 4.78 is 37.5. The maximum atomic E-state index is 12.5. The summed E-state index contributed by atoms with van der Waals surface area (Å²) in [5, 5.41) is 10.9. The summed E-state index contributed by atoms with van der Waals surface area (Å²) in [6.07, 6.45) is -3.66. The van der Waals surface area contributed by atoms with Crippen LogP contribution in [0.5, 0.6) is 0 Å². The molecule has 18 heavy (non-hydrogen) atoms. The van der Waals surface area contributed by atoms with Crippen molar-refractivity contribution in [1.82, 2.24) is 5.32 Å². The van der Waals surface area contributed by atoms with Crippen LogP contribution < -0.4 is 11.1 Å². The summed E-state index contributed by atoms with van der Waals surface area (Å²) in [4.78, 5) is 11.4. The molecule has 0 aliphatic heterocycles. The Morgan fingerprint density at radius 2 is 1.78 bits per heavy atom. The molecule has 0 rings (SSSR count). The van der Waals surface area contributed by atoms with Gasteiger partial charge in [0.15, 0.2) is 5.54 Å². The van der Waals surface area contributed by atoms with Gasteiger partial charge in [0.1, 0.15) is 0 Å². The zero-order valence-electron chi connectivity index (χ0n) is 10.9. The summed E-state index contributed by atoms with van der Waals surface area (Å²) in [5.41, 5.74) is 1.71. The number of aliphatic hydroxyl groups excluding tert-OH is 1. The van der Waals surface area contributed by atoms with Gasteiger partial charge in [0.25, 0.3) is 0 Å². The highest BCUT2D eigenvalue weighted by molar-refractivity contribution is 5.86. The van der Waals surface area contributed by atoms with E-state index in [1.54, 1.807) is 13.8 Å². The highest BCUT2D eigenvalue weighted by Crippen LogP contribution is 2.28. The molecule has 1 amide bonds. The molecule has 0 fully saturated rings. The fourth-order valence-corrected chi connectivity index (χ4v) is 1.28. The topological polar surface area (TPSA) is 75.3 Å². The summed E-state index contributed by atoms with van der Waals surface area (Å²) in [5.74, 6) is -1.24. The number of halogens is 3. The molecule has 0 aromatic carbocycles. The van der Waals surface area contributed by atoms with Gasteiger partial charge in [0.05, 0.1) is 0 Å². The minimum atomic E-state index is -4.79. The van der Waals surface area contributed by atoms with Crippen molar-refractivity contribution in [2.45, 2.75) is 45.3 Å². The molecule has 4 nitrogen and oxygen atoms in total. The van der Waals surface area contributed by atoms with Crippen molar-refractivity contribution >= 4 is 5.91 Å². The lowest BCUT2D eigenvalue weighted by Crippen LogP contribution is -2.62. The van der Waals surface area contributed by atoms with Crippen LogP contribution in [0.2, 0.25) is 0 Å². The normalized spacial score (nSPS) is 16.2. The molecule has 4 N–H and O–H groups in total. The number of nitrogens with two attached hydrogens (primary N) is 1. The van der Waals surface area contributed by atoms with Crippen molar-refractivity contribution in [3.8, 4) is 0 Å². The lowest BCUT2D eigenvalue weighted by Gasteiger charge is -2.30. The summed E-state index contributed by atoms with van der Waals surface area (Å²) in [6, 6.07) is 0. The van der Waals surface area contributed by atoms with E-state index in [1.165, 1.54) is 0 Å². The van der Waals surface area contributed by atoms with E-state index < -0.39 is 17.6 Å². The van der Waals surface area contributed by atoms with Gasteiger partial charge in [0.2, 0.25) is 5.91 Å². The molecule has 0 saturated heterocycles.